The number of carbonyl (C=O) groups is 1. The molecule has 0 radical (unpaired) electrons. The van der Waals surface area contributed by atoms with Crippen molar-refractivity contribution < 1.29 is 4.79 Å². The van der Waals surface area contributed by atoms with Crippen molar-refractivity contribution in [3.8, 4) is 11.3 Å². The van der Waals surface area contributed by atoms with E-state index in [0.717, 1.165) is 41.5 Å². The maximum absolute atomic E-state index is 12.8. The molecule has 1 N–H and O–H groups in total. The first-order valence-electron chi connectivity index (χ1n) is 9.16. The number of halogens is 2. The van der Waals surface area contributed by atoms with E-state index < -0.39 is 0 Å². The summed E-state index contributed by atoms with van der Waals surface area (Å²) in [4.78, 5) is 17.0. The molecule has 1 fully saturated rings. The van der Waals surface area contributed by atoms with Crippen molar-refractivity contribution in [2.24, 2.45) is 0 Å². The van der Waals surface area contributed by atoms with Gasteiger partial charge in [0.1, 0.15) is 5.69 Å². The number of hydrogen-bond donors (Lipinski definition) is 1. The van der Waals surface area contributed by atoms with Gasteiger partial charge in [-0.05, 0) is 29.8 Å². The Kier molecular flexibility index (Phi) is 5.67. The lowest BCUT2D eigenvalue weighted by atomic mass is 10.1. The molecule has 0 spiro atoms. The standard InChI is InChI=1S/C21H20Cl2N4O/c22-17-7-5-15(6-8-17)19-13-20(25-24-19)21(28)27-11-9-26(10-12-27)14-16-3-1-2-4-18(16)23/h1-8,13H,9-12,14H2,(H,24,25). The Labute approximate surface area is 173 Å². The third-order valence-electron chi connectivity index (χ3n) is 4.96. The first-order valence-corrected chi connectivity index (χ1v) is 9.92. The number of aromatic nitrogens is 2. The highest BCUT2D eigenvalue weighted by molar-refractivity contribution is 6.31. The summed E-state index contributed by atoms with van der Waals surface area (Å²) < 4.78 is 0. The van der Waals surface area contributed by atoms with Gasteiger partial charge < -0.3 is 4.90 Å². The van der Waals surface area contributed by atoms with Crippen molar-refractivity contribution in [1.29, 1.82) is 0 Å². The molecule has 0 unspecified atom stereocenters. The first-order chi connectivity index (χ1) is 13.6. The number of hydrogen-bond acceptors (Lipinski definition) is 3. The van der Waals surface area contributed by atoms with Gasteiger partial charge in [0, 0.05) is 48.3 Å². The van der Waals surface area contributed by atoms with Crippen LogP contribution in [0.5, 0.6) is 0 Å². The van der Waals surface area contributed by atoms with Crippen LogP contribution in [-0.4, -0.2) is 52.1 Å². The van der Waals surface area contributed by atoms with Crippen LogP contribution in [0.3, 0.4) is 0 Å². The van der Waals surface area contributed by atoms with E-state index in [1.54, 1.807) is 6.07 Å². The molecular weight excluding hydrogens is 395 g/mol. The number of carbonyl (C=O) groups excluding carboxylic acids is 1. The van der Waals surface area contributed by atoms with Crippen LogP contribution in [0.1, 0.15) is 16.1 Å². The molecule has 4 rings (SSSR count). The van der Waals surface area contributed by atoms with Gasteiger partial charge in [-0.15, -0.1) is 0 Å². The molecule has 2 aromatic carbocycles. The lowest BCUT2D eigenvalue weighted by Crippen LogP contribution is -2.48. The van der Waals surface area contributed by atoms with Gasteiger partial charge in [-0.2, -0.15) is 5.10 Å². The molecule has 28 heavy (non-hydrogen) atoms. The van der Waals surface area contributed by atoms with E-state index in [4.69, 9.17) is 23.2 Å². The van der Waals surface area contributed by atoms with E-state index in [-0.39, 0.29) is 5.91 Å². The molecule has 0 aliphatic carbocycles. The minimum Gasteiger partial charge on any atom is -0.335 e. The molecule has 7 heteroatoms. The molecule has 2 heterocycles. The smallest absolute Gasteiger partial charge is 0.271 e. The lowest BCUT2D eigenvalue weighted by molar-refractivity contribution is 0.0622. The number of piperazine rings is 1. The van der Waals surface area contributed by atoms with Crippen LogP contribution < -0.4 is 0 Å². The van der Waals surface area contributed by atoms with E-state index >= 15 is 0 Å². The largest absolute Gasteiger partial charge is 0.335 e. The van der Waals surface area contributed by atoms with Crippen LogP contribution in [0.4, 0.5) is 0 Å². The van der Waals surface area contributed by atoms with Crippen molar-refractivity contribution in [2.45, 2.75) is 6.54 Å². The van der Waals surface area contributed by atoms with E-state index in [9.17, 15) is 4.79 Å². The van der Waals surface area contributed by atoms with Crippen LogP contribution in [0.15, 0.2) is 54.6 Å². The monoisotopic (exact) mass is 414 g/mol. The zero-order valence-corrected chi connectivity index (χ0v) is 16.7. The highest BCUT2D eigenvalue weighted by atomic mass is 35.5. The van der Waals surface area contributed by atoms with Gasteiger partial charge in [0.25, 0.3) is 5.91 Å². The van der Waals surface area contributed by atoms with E-state index in [1.165, 1.54) is 0 Å². The minimum atomic E-state index is -0.0230. The van der Waals surface area contributed by atoms with Crippen LogP contribution in [0.25, 0.3) is 11.3 Å². The van der Waals surface area contributed by atoms with Gasteiger partial charge in [0.15, 0.2) is 0 Å². The molecule has 1 aromatic heterocycles. The van der Waals surface area contributed by atoms with Crippen LogP contribution in [0.2, 0.25) is 10.0 Å². The quantitative estimate of drug-likeness (QED) is 0.690. The highest BCUT2D eigenvalue weighted by Gasteiger charge is 2.24. The normalized spacial score (nSPS) is 15.0. The molecule has 1 saturated heterocycles. The zero-order chi connectivity index (χ0) is 19.5. The van der Waals surface area contributed by atoms with Crippen molar-refractivity contribution in [3.05, 3.63) is 75.9 Å². The summed E-state index contributed by atoms with van der Waals surface area (Å²) in [7, 11) is 0. The predicted molar refractivity (Wildman–Crippen MR) is 112 cm³/mol. The minimum absolute atomic E-state index is 0.0230. The first kappa shape index (κ1) is 19.0. The highest BCUT2D eigenvalue weighted by Crippen LogP contribution is 2.21. The Morgan fingerprint density at radius 2 is 1.71 bits per heavy atom. The Balaban J connectivity index is 1.36. The Bertz CT molecular complexity index is 963. The van der Waals surface area contributed by atoms with Gasteiger partial charge in [0.05, 0.1) is 5.69 Å². The van der Waals surface area contributed by atoms with Crippen molar-refractivity contribution in [3.63, 3.8) is 0 Å². The lowest BCUT2D eigenvalue weighted by Gasteiger charge is -2.34. The maximum atomic E-state index is 12.8. The fourth-order valence-electron chi connectivity index (χ4n) is 3.35. The predicted octanol–water partition coefficient (Wildman–Crippen LogP) is 4.34. The molecule has 3 aromatic rings. The molecule has 0 saturated carbocycles. The van der Waals surface area contributed by atoms with Crippen LogP contribution in [0, 0.1) is 0 Å². The summed E-state index contributed by atoms with van der Waals surface area (Å²) in [5.74, 6) is -0.0230. The van der Waals surface area contributed by atoms with Crippen LogP contribution in [-0.2, 0) is 6.54 Å². The van der Waals surface area contributed by atoms with Gasteiger partial charge >= 0.3 is 0 Å². The third-order valence-corrected chi connectivity index (χ3v) is 5.58. The number of rotatable bonds is 4. The maximum Gasteiger partial charge on any atom is 0.271 e. The number of aromatic amines is 1. The number of amides is 1. The second-order valence-corrected chi connectivity index (χ2v) is 7.68. The Morgan fingerprint density at radius 1 is 1.00 bits per heavy atom. The average molecular weight is 415 g/mol. The summed E-state index contributed by atoms with van der Waals surface area (Å²) in [6.45, 7) is 3.79. The fraction of sp³-hybridized carbons (Fsp3) is 0.238. The van der Waals surface area contributed by atoms with Gasteiger partial charge in [-0.25, -0.2) is 0 Å². The molecule has 5 nitrogen and oxygen atoms in total. The number of nitrogens with zero attached hydrogens (tertiary/aromatic N) is 3. The van der Waals surface area contributed by atoms with E-state index in [1.807, 2.05) is 53.4 Å². The molecule has 1 aliphatic rings. The summed E-state index contributed by atoms with van der Waals surface area (Å²) in [5, 5.41) is 8.60. The third kappa shape index (κ3) is 4.22. The molecule has 144 valence electrons. The van der Waals surface area contributed by atoms with Crippen LogP contribution >= 0.6 is 23.2 Å². The second kappa shape index (κ2) is 8.35. The molecule has 1 aliphatic heterocycles. The Morgan fingerprint density at radius 3 is 2.43 bits per heavy atom. The second-order valence-electron chi connectivity index (χ2n) is 6.83. The van der Waals surface area contributed by atoms with Crippen molar-refractivity contribution in [2.75, 3.05) is 26.2 Å². The van der Waals surface area contributed by atoms with E-state index in [2.05, 4.69) is 15.1 Å². The fourth-order valence-corrected chi connectivity index (χ4v) is 3.67. The zero-order valence-electron chi connectivity index (χ0n) is 15.2. The summed E-state index contributed by atoms with van der Waals surface area (Å²) >= 11 is 12.2. The number of H-pyrrole nitrogens is 1. The van der Waals surface area contributed by atoms with Gasteiger partial charge in [-0.3, -0.25) is 14.8 Å². The number of nitrogens with one attached hydrogen (secondary N) is 1. The molecule has 0 bridgehead atoms. The number of benzene rings is 2. The SMILES string of the molecule is O=C(c1cc(-c2ccc(Cl)cc2)n[nH]1)N1CCN(Cc2ccccc2Cl)CC1. The van der Waals surface area contributed by atoms with Gasteiger partial charge in [-0.1, -0.05) is 53.5 Å². The molecule has 1 amide bonds. The summed E-state index contributed by atoms with van der Waals surface area (Å²) in [5.41, 5.74) is 3.27. The molecular formula is C21H20Cl2N4O. The molecule has 0 atom stereocenters. The van der Waals surface area contributed by atoms with E-state index in [0.29, 0.717) is 23.8 Å². The Hall–Kier alpha value is -2.34. The summed E-state index contributed by atoms with van der Waals surface area (Å²) in [6, 6.07) is 17.1. The van der Waals surface area contributed by atoms with Gasteiger partial charge in [0.2, 0.25) is 0 Å². The van der Waals surface area contributed by atoms with Crippen molar-refractivity contribution in [1.82, 2.24) is 20.0 Å². The topological polar surface area (TPSA) is 52.2 Å². The average Bonchev–Trinajstić information content (AvgIpc) is 3.20. The summed E-state index contributed by atoms with van der Waals surface area (Å²) in [6.07, 6.45) is 0. The van der Waals surface area contributed by atoms with Crippen molar-refractivity contribution >= 4 is 29.1 Å².